The van der Waals surface area contributed by atoms with E-state index < -0.39 is 12.0 Å². The molecule has 0 spiro atoms. The van der Waals surface area contributed by atoms with Crippen LogP contribution in [-0.2, 0) is 4.79 Å². The molecule has 0 aromatic carbocycles. The molecule has 1 aliphatic heterocycles. The predicted molar refractivity (Wildman–Crippen MR) is 77.3 cm³/mol. The van der Waals surface area contributed by atoms with E-state index in [1.165, 1.54) is 28.9 Å². The molecule has 0 aliphatic carbocycles. The lowest BCUT2D eigenvalue weighted by molar-refractivity contribution is -0.141. The Kier molecular flexibility index (Phi) is 4.17. The highest BCUT2D eigenvalue weighted by atomic mass is 32.2. The molecule has 0 saturated carbocycles. The number of nitrogens with zero attached hydrogens (tertiary/aromatic N) is 2. The van der Waals surface area contributed by atoms with Gasteiger partial charge in [0, 0.05) is 5.75 Å². The van der Waals surface area contributed by atoms with E-state index in [1.54, 1.807) is 6.07 Å². The van der Waals surface area contributed by atoms with Gasteiger partial charge in [-0.05, 0) is 18.1 Å². The van der Waals surface area contributed by atoms with Crippen LogP contribution in [0.25, 0.3) is 0 Å². The Balaban J connectivity index is 2.31. The van der Waals surface area contributed by atoms with Crippen LogP contribution >= 0.6 is 11.8 Å². The molecule has 1 aromatic heterocycles. The standard InChI is InChI=1S/C13H17N3O3S/c1-7(2)12-16(10(6-20-12)13(18)19)11(17)9-4-3-8(14)5-15-9/h3-5,7,10,12H,6,14H2,1-2H3,(H,18,19). The average Bonchev–Trinajstić information content (AvgIpc) is 2.83. The van der Waals surface area contributed by atoms with E-state index in [2.05, 4.69) is 4.98 Å². The maximum atomic E-state index is 12.5. The minimum Gasteiger partial charge on any atom is -0.480 e. The average molecular weight is 295 g/mol. The summed E-state index contributed by atoms with van der Waals surface area (Å²) in [6.45, 7) is 3.94. The number of nitrogen functional groups attached to an aromatic ring is 1. The highest BCUT2D eigenvalue weighted by Gasteiger charge is 2.43. The second kappa shape index (κ2) is 5.70. The summed E-state index contributed by atoms with van der Waals surface area (Å²) in [5.41, 5.74) is 6.23. The first-order chi connectivity index (χ1) is 9.41. The lowest BCUT2D eigenvalue weighted by atomic mass is 10.1. The molecular formula is C13H17N3O3S. The number of carboxylic acid groups (broad SMARTS) is 1. The van der Waals surface area contributed by atoms with Gasteiger partial charge in [0.15, 0.2) is 0 Å². The van der Waals surface area contributed by atoms with E-state index in [0.29, 0.717) is 11.4 Å². The molecule has 1 saturated heterocycles. The van der Waals surface area contributed by atoms with Gasteiger partial charge in [-0.2, -0.15) is 0 Å². The van der Waals surface area contributed by atoms with Crippen molar-refractivity contribution in [3.05, 3.63) is 24.0 Å². The van der Waals surface area contributed by atoms with Crippen LogP contribution in [0.2, 0.25) is 0 Å². The van der Waals surface area contributed by atoms with Gasteiger partial charge in [-0.3, -0.25) is 4.79 Å². The number of thioether (sulfide) groups is 1. The molecule has 1 fully saturated rings. The first kappa shape index (κ1) is 14.6. The zero-order chi connectivity index (χ0) is 14.9. The largest absolute Gasteiger partial charge is 0.480 e. The van der Waals surface area contributed by atoms with Gasteiger partial charge in [0.05, 0.1) is 17.3 Å². The van der Waals surface area contributed by atoms with Crippen molar-refractivity contribution in [2.75, 3.05) is 11.5 Å². The number of carbonyl (C=O) groups excluding carboxylic acids is 1. The molecular weight excluding hydrogens is 278 g/mol. The molecule has 6 nitrogen and oxygen atoms in total. The Morgan fingerprint density at radius 1 is 1.50 bits per heavy atom. The summed E-state index contributed by atoms with van der Waals surface area (Å²) in [6.07, 6.45) is 1.40. The molecule has 1 aromatic rings. The summed E-state index contributed by atoms with van der Waals surface area (Å²) < 4.78 is 0. The van der Waals surface area contributed by atoms with Crippen LogP contribution in [0, 0.1) is 5.92 Å². The molecule has 2 rings (SSSR count). The van der Waals surface area contributed by atoms with Crippen LogP contribution in [0.4, 0.5) is 5.69 Å². The van der Waals surface area contributed by atoms with Gasteiger partial charge in [0.1, 0.15) is 11.7 Å². The summed E-state index contributed by atoms with van der Waals surface area (Å²) in [4.78, 5) is 29.3. The van der Waals surface area contributed by atoms with Gasteiger partial charge < -0.3 is 15.7 Å². The number of pyridine rings is 1. The number of amides is 1. The second-order valence-corrected chi connectivity index (χ2v) is 6.16. The number of hydrogen-bond donors (Lipinski definition) is 2. The lowest BCUT2D eigenvalue weighted by Crippen LogP contribution is -2.47. The van der Waals surface area contributed by atoms with Crippen molar-refractivity contribution in [2.45, 2.75) is 25.3 Å². The van der Waals surface area contributed by atoms with Crippen LogP contribution in [0.1, 0.15) is 24.3 Å². The van der Waals surface area contributed by atoms with Gasteiger partial charge in [0.2, 0.25) is 0 Å². The van der Waals surface area contributed by atoms with Crippen LogP contribution in [0.15, 0.2) is 18.3 Å². The molecule has 108 valence electrons. The first-order valence-electron chi connectivity index (χ1n) is 6.30. The normalized spacial score (nSPS) is 22.2. The molecule has 0 bridgehead atoms. The molecule has 0 radical (unpaired) electrons. The fraction of sp³-hybridized carbons (Fsp3) is 0.462. The lowest BCUT2D eigenvalue weighted by Gasteiger charge is -2.29. The molecule has 3 N–H and O–H groups in total. The molecule has 7 heteroatoms. The van der Waals surface area contributed by atoms with Crippen molar-refractivity contribution in [3.63, 3.8) is 0 Å². The number of carboxylic acids is 1. The summed E-state index contributed by atoms with van der Waals surface area (Å²) in [5.74, 6) is -0.772. The third-order valence-corrected chi connectivity index (χ3v) is 4.75. The Morgan fingerprint density at radius 3 is 2.70 bits per heavy atom. The Bertz CT molecular complexity index is 518. The third kappa shape index (κ3) is 2.72. The van der Waals surface area contributed by atoms with E-state index in [-0.39, 0.29) is 22.9 Å². The quantitative estimate of drug-likeness (QED) is 0.872. The number of nitrogens with two attached hydrogens (primary N) is 1. The van der Waals surface area contributed by atoms with Crippen molar-refractivity contribution >= 4 is 29.3 Å². The maximum Gasteiger partial charge on any atom is 0.327 e. The molecule has 2 unspecified atom stereocenters. The third-order valence-electron chi connectivity index (χ3n) is 3.13. The molecule has 1 amide bonds. The number of hydrogen-bond acceptors (Lipinski definition) is 5. The minimum absolute atomic E-state index is 0.150. The van der Waals surface area contributed by atoms with E-state index >= 15 is 0 Å². The molecule has 20 heavy (non-hydrogen) atoms. The number of carbonyl (C=O) groups is 2. The van der Waals surface area contributed by atoms with Crippen LogP contribution in [0.3, 0.4) is 0 Å². The predicted octanol–water partition coefficient (Wildman–Crippen LogP) is 1.29. The van der Waals surface area contributed by atoms with E-state index in [9.17, 15) is 14.7 Å². The van der Waals surface area contributed by atoms with Gasteiger partial charge in [-0.15, -0.1) is 11.8 Å². The van der Waals surface area contributed by atoms with Crippen molar-refractivity contribution in [3.8, 4) is 0 Å². The number of rotatable bonds is 3. The van der Waals surface area contributed by atoms with Gasteiger partial charge in [0.25, 0.3) is 5.91 Å². The highest BCUT2D eigenvalue weighted by molar-refractivity contribution is 8.00. The van der Waals surface area contributed by atoms with Crippen molar-refractivity contribution in [1.29, 1.82) is 0 Å². The Labute approximate surface area is 121 Å². The number of aliphatic carboxylic acids is 1. The Hall–Kier alpha value is -1.76. The van der Waals surface area contributed by atoms with Gasteiger partial charge in [-0.25, -0.2) is 9.78 Å². The fourth-order valence-electron chi connectivity index (χ4n) is 2.15. The fourth-order valence-corrected chi connectivity index (χ4v) is 3.62. The van der Waals surface area contributed by atoms with Gasteiger partial charge in [-0.1, -0.05) is 13.8 Å². The van der Waals surface area contributed by atoms with Crippen molar-refractivity contribution < 1.29 is 14.7 Å². The summed E-state index contributed by atoms with van der Waals surface area (Å²) in [5, 5.41) is 9.13. The van der Waals surface area contributed by atoms with Gasteiger partial charge >= 0.3 is 5.97 Å². The first-order valence-corrected chi connectivity index (χ1v) is 7.35. The SMILES string of the molecule is CC(C)C1SCC(C(=O)O)N1C(=O)c1ccc(N)cn1. The van der Waals surface area contributed by atoms with E-state index in [4.69, 9.17) is 5.73 Å². The second-order valence-electron chi connectivity index (χ2n) is 5.01. The molecule has 1 aliphatic rings. The summed E-state index contributed by atoms with van der Waals surface area (Å²) >= 11 is 1.49. The topological polar surface area (TPSA) is 96.5 Å². The van der Waals surface area contributed by atoms with Crippen LogP contribution < -0.4 is 5.73 Å². The minimum atomic E-state index is -0.982. The van der Waals surface area contributed by atoms with Crippen molar-refractivity contribution in [2.24, 2.45) is 5.92 Å². The zero-order valence-electron chi connectivity index (χ0n) is 11.3. The van der Waals surface area contributed by atoms with E-state index in [1.807, 2.05) is 13.8 Å². The summed E-state index contributed by atoms with van der Waals surface area (Å²) in [7, 11) is 0. The van der Waals surface area contributed by atoms with E-state index in [0.717, 1.165) is 0 Å². The molecule has 2 atom stereocenters. The number of anilines is 1. The zero-order valence-corrected chi connectivity index (χ0v) is 12.1. The van der Waals surface area contributed by atoms with Crippen LogP contribution in [-0.4, -0.2) is 44.0 Å². The highest BCUT2D eigenvalue weighted by Crippen LogP contribution is 2.35. The molecule has 2 heterocycles. The van der Waals surface area contributed by atoms with Crippen molar-refractivity contribution in [1.82, 2.24) is 9.88 Å². The summed E-state index contributed by atoms with van der Waals surface area (Å²) in [6, 6.07) is 2.31. The maximum absolute atomic E-state index is 12.5. The number of aromatic nitrogens is 1. The van der Waals surface area contributed by atoms with Crippen LogP contribution in [0.5, 0.6) is 0 Å². The Morgan fingerprint density at radius 2 is 2.20 bits per heavy atom. The monoisotopic (exact) mass is 295 g/mol. The smallest absolute Gasteiger partial charge is 0.327 e.